The number of nitrogens with zero attached hydrogens (tertiary/aromatic N) is 4. The van der Waals surface area contributed by atoms with Gasteiger partial charge in [-0.2, -0.15) is 0 Å². The summed E-state index contributed by atoms with van der Waals surface area (Å²) in [6.07, 6.45) is 3.59. The molecule has 2 rings (SSSR count). The number of carboxylic acids is 1. The van der Waals surface area contributed by atoms with Gasteiger partial charge in [0, 0.05) is 38.0 Å². The summed E-state index contributed by atoms with van der Waals surface area (Å²) in [7, 11) is 1.84. The number of aromatic carboxylic acids is 1. The van der Waals surface area contributed by atoms with Gasteiger partial charge in [-0.15, -0.1) is 10.2 Å². The van der Waals surface area contributed by atoms with Crippen molar-refractivity contribution >= 4 is 5.97 Å². The van der Waals surface area contributed by atoms with E-state index in [1.165, 1.54) is 12.3 Å². The first-order valence-corrected chi connectivity index (χ1v) is 5.76. The quantitative estimate of drug-likeness (QED) is 0.851. The molecule has 0 saturated heterocycles. The third-order valence-corrected chi connectivity index (χ3v) is 2.96. The molecule has 7 heteroatoms. The molecule has 0 unspecified atom stereocenters. The molecule has 2 heterocycles. The summed E-state index contributed by atoms with van der Waals surface area (Å²) in [4.78, 5) is 22.4. The first-order valence-electron chi connectivity index (χ1n) is 5.76. The van der Waals surface area contributed by atoms with E-state index < -0.39 is 11.4 Å². The molecule has 0 fully saturated rings. The fourth-order valence-electron chi connectivity index (χ4n) is 1.83. The predicted octanol–water partition coefficient (Wildman–Crippen LogP) is 0.226. The average molecular weight is 262 g/mol. The number of aromatic nitrogens is 4. The highest BCUT2D eigenvalue weighted by atomic mass is 16.4. The van der Waals surface area contributed by atoms with E-state index in [2.05, 4.69) is 10.2 Å². The maximum Gasteiger partial charge on any atom is 0.341 e. The van der Waals surface area contributed by atoms with Gasteiger partial charge in [-0.1, -0.05) is 0 Å². The van der Waals surface area contributed by atoms with Gasteiger partial charge in [0.15, 0.2) is 5.43 Å². The molecule has 0 aliphatic heterocycles. The van der Waals surface area contributed by atoms with E-state index in [0.717, 1.165) is 11.5 Å². The lowest BCUT2D eigenvalue weighted by Crippen LogP contribution is -2.19. The Kier molecular flexibility index (Phi) is 3.46. The van der Waals surface area contributed by atoms with Gasteiger partial charge in [0.05, 0.1) is 0 Å². The molecule has 0 saturated carbocycles. The fourth-order valence-corrected chi connectivity index (χ4v) is 1.83. The minimum atomic E-state index is -1.21. The second-order valence-corrected chi connectivity index (χ2v) is 4.30. The third kappa shape index (κ3) is 2.70. The summed E-state index contributed by atoms with van der Waals surface area (Å²) in [5, 5.41) is 16.7. The zero-order valence-corrected chi connectivity index (χ0v) is 10.7. The van der Waals surface area contributed by atoms with Gasteiger partial charge in [0.1, 0.15) is 17.7 Å². The molecule has 0 aliphatic rings. The smallest absolute Gasteiger partial charge is 0.341 e. The molecule has 0 atom stereocenters. The van der Waals surface area contributed by atoms with Crippen molar-refractivity contribution in [3.63, 3.8) is 0 Å². The molecule has 7 nitrogen and oxygen atoms in total. The number of hydrogen-bond acceptors (Lipinski definition) is 4. The molecule has 2 aromatic heterocycles. The lowest BCUT2D eigenvalue weighted by Gasteiger charge is -2.10. The van der Waals surface area contributed by atoms with Crippen molar-refractivity contribution in [1.29, 1.82) is 0 Å². The van der Waals surface area contributed by atoms with Crippen molar-refractivity contribution in [2.75, 3.05) is 0 Å². The molecule has 100 valence electrons. The molecule has 0 bridgehead atoms. The van der Waals surface area contributed by atoms with Crippen LogP contribution in [0, 0.1) is 6.92 Å². The van der Waals surface area contributed by atoms with E-state index in [1.54, 1.807) is 22.4 Å². The summed E-state index contributed by atoms with van der Waals surface area (Å²) >= 11 is 0. The summed E-state index contributed by atoms with van der Waals surface area (Å²) in [5.41, 5.74) is 0.0284. The van der Waals surface area contributed by atoms with Crippen LogP contribution in [0.25, 0.3) is 0 Å². The van der Waals surface area contributed by atoms with E-state index in [0.29, 0.717) is 13.0 Å². The van der Waals surface area contributed by atoms with Crippen LogP contribution in [-0.4, -0.2) is 30.4 Å². The molecule has 0 spiro atoms. The van der Waals surface area contributed by atoms with Crippen molar-refractivity contribution in [1.82, 2.24) is 19.3 Å². The largest absolute Gasteiger partial charge is 0.477 e. The fraction of sp³-hybridized carbons (Fsp3) is 0.333. The average Bonchev–Trinajstić information content (AvgIpc) is 2.73. The SMILES string of the molecule is Cc1cc(=O)c(C(=O)O)cn1CCc1nncn1C. The van der Waals surface area contributed by atoms with Gasteiger partial charge in [-0.3, -0.25) is 4.79 Å². The number of pyridine rings is 1. The van der Waals surface area contributed by atoms with E-state index >= 15 is 0 Å². The molecule has 0 amide bonds. The normalized spacial score (nSPS) is 10.6. The Labute approximate surface area is 109 Å². The predicted molar refractivity (Wildman–Crippen MR) is 67.1 cm³/mol. The van der Waals surface area contributed by atoms with E-state index in [9.17, 15) is 9.59 Å². The van der Waals surface area contributed by atoms with Crippen LogP contribution >= 0.6 is 0 Å². The minimum Gasteiger partial charge on any atom is -0.477 e. The van der Waals surface area contributed by atoms with Crippen LogP contribution < -0.4 is 5.43 Å². The highest BCUT2D eigenvalue weighted by molar-refractivity contribution is 5.87. The van der Waals surface area contributed by atoms with Crippen LogP contribution in [0.2, 0.25) is 0 Å². The molecule has 0 aliphatic carbocycles. The second-order valence-electron chi connectivity index (χ2n) is 4.30. The zero-order valence-electron chi connectivity index (χ0n) is 10.7. The van der Waals surface area contributed by atoms with Crippen LogP contribution in [-0.2, 0) is 20.0 Å². The number of hydrogen-bond donors (Lipinski definition) is 1. The van der Waals surface area contributed by atoms with Gasteiger partial charge in [-0.25, -0.2) is 4.79 Å². The van der Waals surface area contributed by atoms with Crippen LogP contribution in [0.3, 0.4) is 0 Å². The highest BCUT2D eigenvalue weighted by Gasteiger charge is 2.11. The summed E-state index contributed by atoms with van der Waals surface area (Å²) in [6.45, 7) is 2.31. The lowest BCUT2D eigenvalue weighted by atomic mass is 10.2. The summed E-state index contributed by atoms with van der Waals surface area (Å²) in [6, 6.07) is 1.33. The van der Waals surface area contributed by atoms with Crippen molar-refractivity contribution in [3.8, 4) is 0 Å². The topological polar surface area (TPSA) is 90.0 Å². The summed E-state index contributed by atoms with van der Waals surface area (Å²) in [5.74, 6) is -0.410. The Morgan fingerprint density at radius 2 is 2.21 bits per heavy atom. The molecular weight excluding hydrogens is 248 g/mol. The molecular formula is C12H14N4O3. The first kappa shape index (κ1) is 13.0. The zero-order chi connectivity index (χ0) is 14.0. The van der Waals surface area contributed by atoms with Crippen molar-refractivity contribution in [3.05, 3.63) is 45.9 Å². The summed E-state index contributed by atoms with van der Waals surface area (Å²) < 4.78 is 3.54. The molecule has 2 aromatic rings. The third-order valence-electron chi connectivity index (χ3n) is 2.96. The Morgan fingerprint density at radius 1 is 1.47 bits per heavy atom. The highest BCUT2D eigenvalue weighted by Crippen LogP contribution is 2.03. The standard InChI is InChI=1S/C12H14N4O3/c1-8-5-10(17)9(12(18)19)6-16(8)4-3-11-14-13-7-15(11)2/h5-7H,3-4H2,1-2H3,(H,18,19). The van der Waals surface area contributed by atoms with Crippen molar-refractivity contribution in [2.45, 2.75) is 19.9 Å². The van der Waals surface area contributed by atoms with Crippen LogP contribution in [0.1, 0.15) is 21.9 Å². The Balaban J connectivity index is 2.25. The van der Waals surface area contributed by atoms with Gasteiger partial charge < -0.3 is 14.2 Å². The molecule has 1 N–H and O–H groups in total. The van der Waals surface area contributed by atoms with E-state index in [-0.39, 0.29) is 5.56 Å². The number of aryl methyl sites for hydroxylation is 4. The Hall–Kier alpha value is -2.44. The maximum atomic E-state index is 11.5. The van der Waals surface area contributed by atoms with E-state index in [1.807, 2.05) is 7.05 Å². The number of carboxylic acid groups (broad SMARTS) is 1. The van der Waals surface area contributed by atoms with Gasteiger partial charge in [-0.05, 0) is 6.92 Å². The van der Waals surface area contributed by atoms with Gasteiger partial charge in [0.2, 0.25) is 0 Å². The van der Waals surface area contributed by atoms with Crippen LogP contribution in [0.4, 0.5) is 0 Å². The Bertz CT molecular complexity index is 672. The van der Waals surface area contributed by atoms with Crippen molar-refractivity contribution in [2.24, 2.45) is 7.05 Å². The van der Waals surface area contributed by atoms with Crippen LogP contribution in [0.15, 0.2) is 23.4 Å². The number of carbonyl (C=O) groups is 1. The number of rotatable bonds is 4. The maximum absolute atomic E-state index is 11.5. The molecule has 0 aromatic carbocycles. The minimum absolute atomic E-state index is 0.219. The molecule has 0 radical (unpaired) electrons. The van der Waals surface area contributed by atoms with Gasteiger partial charge >= 0.3 is 5.97 Å². The van der Waals surface area contributed by atoms with Gasteiger partial charge in [0.25, 0.3) is 0 Å². The molecule has 19 heavy (non-hydrogen) atoms. The van der Waals surface area contributed by atoms with Crippen LogP contribution in [0.5, 0.6) is 0 Å². The second kappa shape index (κ2) is 5.05. The Morgan fingerprint density at radius 3 is 2.79 bits per heavy atom. The lowest BCUT2D eigenvalue weighted by molar-refractivity contribution is 0.0694. The first-order chi connectivity index (χ1) is 8.99. The monoisotopic (exact) mass is 262 g/mol. The van der Waals surface area contributed by atoms with Crippen molar-refractivity contribution < 1.29 is 9.90 Å². The van der Waals surface area contributed by atoms with E-state index in [4.69, 9.17) is 5.11 Å².